The predicted octanol–water partition coefficient (Wildman–Crippen LogP) is 13.6. The third kappa shape index (κ3) is 4.82. The zero-order valence-corrected chi connectivity index (χ0v) is 28.6. The van der Waals surface area contributed by atoms with Gasteiger partial charge >= 0.3 is 0 Å². The molecule has 11 aromatic rings. The van der Waals surface area contributed by atoms with Gasteiger partial charge in [0.05, 0.1) is 22.4 Å². The number of hydrogen-bond acceptors (Lipinski definition) is 3. The van der Waals surface area contributed by atoms with Crippen LogP contribution in [0.25, 0.3) is 110 Å². The van der Waals surface area contributed by atoms with Crippen molar-refractivity contribution in [2.24, 2.45) is 0 Å². The van der Waals surface area contributed by atoms with Crippen molar-refractivity contribution < 1.29 is 4.42 Å². The molecule has 0 radical (unpaired) electrons. The summed E-state index contributed by atoms with van der Waals surface area (Å²) in [7, 11) is 0. The quantitative estimate of drug-likeness (QED) is 0.171. The number of hydrogen-bond donors (Lipinski definition) is 0. The van der Waals surface area contributed by atoms with Gasteiger partial charge in [-0.25, -0.2) is 9.97 Å². The van der Waals surface area contributed by atoms with Crippen molar-refractivity contribution in [1.29, 1.82) is 0 Å². The summed E-state index contributed by atoms with van der Waals surface area (Å²) in [6.45, 7) is 0. The maximum Gasteiger partial charge on any atom is 0.136 e. The summed E-state index contributed by atoms with van der Waals surface area (Å²) in [4.78, 5) is 10.5. The minimum absolute atomic E-state index is 0.865. The smallest absolute Gasteiger partial charge is 0.136 e. The van der Waals surface area contributed by atoms with Crippen LogP contribution in [0.4, 0.5) is 0 Å². The summed E-state index contributed by atoms with van der Waals surface area (Å²) >= 11 is 0. The van der Waals surface area contributed by atoms with E-state index in [9.17, 15) is 0 Å². The van der Waals surface area contributed by atoms with Crippen LogP contribution >= 0.6 is 0 Å². The summed E-state index contributed by atoms with van der Waals surface area (Å²) in [6, 6.07) is 64.4. The van der Waals surface area contributed by atoms with Gasteiger partial charge < -0.3 is 4.42 Å². The molecule has 0 aliphatic heterocycles. The molecule has 9 aromatic carbocycles. The van der Waals surface area contributed by atoms with Gasteiger partial charge in [0.2, 0.25) is 0 Å². The summed E-state index contributed by atoms with van der Waals surface area (Å²) < 4.78 is 6.28. The van der Waals surface area contributed by atoms with E-state index in [1.54, 1.807) is 0 Å². The number of fused-ring (bicyclic) bond motifs is 4. The first-order valence-electron chi connectivity index (χ1n) is 18.0. The molecule has 2 heterocycles. The Hall–Kier alpha value is -7.10. The van der Waals surface area contributed by atoms with E-state index in [2.05, 4.69) is 152 Å². The Morgan fingerprint density at radius 1 is 0.283 bits per heavy atom. The standard InChI is InChI=1S/C50H30N2O/c1-2-11-31(12-3-1)32-13-7-17-37(28-32)49-50(52-44-22-5-4-21-43(44)51-49)38-18-8-16-35(29-38)33-14-6-15-34(27-33)36-25-26-39-40-19-9-23-45-47(40)48-41(42(39)30-36)20-10-24-46(48)53-45/h1-30H. The zero-order valence-electron chi connectivity index (χ0n) is 28.6. The van der Waals surface area contributed by atoms with E-state index in [0.717, 1.165) is 61.4 Å². The van der Waals surface area contributed by atoms with Gasteiger partial charge in [0.1, 0.15) is 11.2 Å². The second kappa shape index (κ2) is 11.7. The molecule has 0 spiro atoms. The fourth-order valence-electron chi connectivity index (χ4n) is 8.10. The highest BCUT2D eigenvalue weighted by molar-refractivity contribution is 6.33. The molecule has 0 aliphatic rings. The van der Waals surface area contributed by atoms with Crippen LogP contribution in [0.3, 0.4) is 0 Å². The lowest BCUT2D eigenvalue weighted by Crippen LogP contribution is -1.96. The largest absolute Gasteiger partial charge is 0.456 e. The lowest BCUT2D eigenvalue weighted by Gasteiger charge is -2.13. The van der Waals surface area contributed by atoms with Crippen molar-refractivity contribution in [3.63, 3.8) is 0 Å². The number of para-hydroxylation sites is 2. The van der Waals surface area contributed by atoms with E-state index in [1.165, 1.54) is 49.0 Å². The second-order valence-electron chi connectivity index (χ2n) is 13.7. The molecule has 0 fully saturated rings. The predicted molar refractivity (Wildman–Crippen MR) is 220 cm³/mol. The maximum absolute atomic E-state index is 6.28. The van der Waals surface area contributed by atoms with Crippen molar-refractivity contribution in [3.05, 3.63) is 182 Å². The van der Waals surface area contributed by atoms with Gasteiger partial charge in [-0.2, -0.15) is 0 Å². The lowest BCUT2D eigenvalue weighted by molar-refractivity contribution is 0.669. The van der Waals surface area contributed by atoms with E-state index in [0.29, 0.717) is 0 Å². The zero-order chi connectivity index (χ0) is 34.9. The highest BCUT2D eigenvalue weighted by atomic mass is 16.3. The Morgan fingerprint density at radius 2 is 0.717 bits per heavy atom. The Kier molecular flexibility index (Phi) is 6.55. The van der Waals surface area contributed by atoms with Gasteiger partial charge in [0.25, 0.3) is 0 Å². The monoisotopic (exact) mass is 674 g/mol. The maximum atomic E-state index is 6.28. The average molecular weight is 675 g/mol. The minimum Gasteiger partial charge on any atom is -0.456 e. The topological polar surface area (TPSA) is 38.9 Å². The summed E-state index contributed by atoms with van der Waals surface area (Å²) in [6.07, 6.45) is 0. The minimum atomic E-state index is 0.865. The van der Waals surface area contributed by atoms with Gasteiger partial charge in [0, 0.05) is 21.9 Å². The molecule has 53 heavy (non-hydrogen) atoms. The van der Waals surface area contributed by atoms with Crippen LogP contribution in [0.2, 0.25) is 0 Å². The number of nitrogens with zero attached hydrogens (tertiary/aromatic N) is 2. The van der Waals surface area contributed by atoms with Crippen LogP contribution in [-0.4, -0.2) is 9.97 Å². The number of furan rings is 1. The number of rotatable bonds is 5. The molecule has 11 rings (SSSR count). The molecule has 0 aliphatic carbocycles. The average Bonchev–Trinajstić information content (AvgIpc) is 3.63. The fourth-order valence-corrected chi connectivity index (χ4v) is 8.10. The third-order valence-corrected chi connectivity index (χ3v) is 10.6. The normalized spacial score (nSPS) is 11.8. The molecule has 0 saturated heterocycles. The molecule has 246 valence electrons. The van der Waals surface area contributed by atoms with E-state index in [-0.39, 0.29) is 0 Å². The highest BCUT2D eigenvalue weighted by Crippen LogP contribution is 2.43. The Labute approximate surface area is 305 Å². The van der Waals surface area contributed by atoms with Crippen LogP contribution in [0, 0.1) is 0 Å². The molecular weight excluding hydrogens is 645 g/mol. The molecular formula is C50H30N2O. The van der Waals surface area contributed by atoms with Crippen molar-refractivity contribution in [3.8, 4) is 55.9 Å². The van der Waals surface area contributed by atoms with Gasteiger partial charge in [-0.1, -0.05) is 133 Å². The molecule has 0 atom stereocenters. The molecule has 0 saturated carbocycles. The first kappa shape index (κ1) is 29.6. The van der Waals surface area contributed by atoms with Crippen molar-refractivity contribution in [1.82, 2.24) is 9.97 Å². The Balaban J connectivity index is 1.03. The van der Waals surface area contributed by atoms with Gasteiger partial charge in [-0.15, -0.1) is 0 Å². The van der Waals surface area contributed by atoms with E-state index < -0.39 is 0 Å². The van der Waals surface area contributed by atoms with Crippen LogP contribution in [0.1, 0.15) is 0 Å². The first-order valence-corrected chi connectivity index (χ1v) is 18.0. The summed E-state index contributed by atoms with van der Waals surface area (Å²) in [5, 5.41) is 7.35. The molecule has 2 aromatic heterocycles. The third-order valence-electron chi connectivity index (χ3n) is 10.6. The van der Waals surface area contributed by atoms with Crippen LogP contribution in [0.15, 0.2) is 186 Å². The van der Waals surface area contributed by atoms with Crippen molar-refractivity contribution in [2.45, 2.75) is 0 Å². The van der Waals surface area contributed by atoms with Crippen molar-refractivity contribution >= 4 is 54.5 Å². The number of benzene rings is 9. The van der Waals surface area contributed by atoms with Gasteiger partial charge in [-0.3, -0.25) is 0 Å². The molecule has 0 bridgehead atoms. The SMILES string of the molecule is c1ccc(-c2cccc(-c3nc4ccccc4nc3-c3cccc(-c4cccc(-c5ccc6c(c5)c5cccc7oc8cccc6c8c75)c4)c3)c2)cc1. The van der Waals surface area contributed by atoms with Crippen LogP contribution in [-0.2, 0) is 0 Å². The van der Waals surface area contributed by atoms with Crippen LogP contribution in [0.5, 0.6) is 0 Å². The van der Waals surface area contributed by atoms with E-state index in [1.807, 2.05) is 30.3 Å². The highest BCUT2D eigenvalue weighted by Gasteiger charge is 2.18. The van der Waals surface area contributed by atoms with Gasteiger partial charge in [0.15, 0.2) is 0 Å². The fraction of sp³-hybridized carbons (Fsp3) is 0. The van der Waals surface area contributed by atoms with Crippen molar-refractivity contribution in [2.75, 3.05) is 0 Å². The molecule has 3 heteroatoms. The Morgan fingerprint density at radius 3 is 1.30 bits per heavy atom. The van der Waals surface area contributed by atoms with Crippen LogP contribution < -0.4 is 0 Å². The van der Waals surface area contributed by atoms with E-state index >= 15 is 0 Å². The van der Waals surface area contributed by atoms with E-state index in [4.69, 9.17) is 14.4 Å². The molecule has 0 unspecified atom stereocenters. The van der Waals surface area contributed by atoms with Gasteiger partial charge in [-0.05, 0) is 103 Å². The Bertz CT molecular complexity index is 3180. The summed E-state index contributed by atoms with van der Waals surface area (Å²) in [5.41, 5.74) is 14.4. The lowest BCUT2D eigenvalue weighted by atomic mass is 9.91. The second-order valence-corrected chi connectivity index (χ2v) is 13.7. The summed E-state index contributed by atoms with van der Waals surface area (Å²) in [5.74, 6) is 0. The first-order chi connectivity index (χ1) is 26.2. The molecule has 0 amide bonds. The molecule has 0 N–H and O–H groups in total. The number of aromatic nitrogens is 2. The molecule has 3 nitrogen and oxygen atoms in total.